The number of nitro benzene ring substituents is 1. The molecule has 1 N–H and O–H groups in total. The molecule has 8 heteroatoms. The van der Waals surface area contributed by atoms with Crippen molar-refractivity contribution in [3.8, 4) is 0 Å². The second-order valence-corrected chi connectivity index (χ2v) is 5.60. The molecule has 1 fully saturated rings. The molecule has 0 aliphatic carbocycles. The second-order valence-electron chi connectivity index (χ2n) is 5.19. The minimum absolute atomic E-state index is 0.00456. The molecule has 7 nitrogen and oxygen atoms in total. The maximum absolute atomic E-state index is 12.3. The van der Waals surface area contributed by atoms with Crippen LogP contribution in [0.1, 0.15) is 12.5 Å². The third kappa shape index (κ3) is 3.73. The van der Waals surface area contributed by atoms with Gasteiger partial charge in [-0.3, -0.25) is 19.8 Å². The van der Waals surface area contributed by atoms with Gasteiger partial charge in [0.15, 0.2) is 0 Å². The van der Waals surface area contributed by atoms with E-state index in [1.165, 1.54) is 12.1 Å². The quantitative estimate of drug-likeness (QED) is 0.677. The Kier molecular flexibility index (Phi) is 5.33. The molecule has 1 aliphatic heterocycles. The molecule has 1 aromatic rings. The summed E-state index contributed by atoms with van der Waals surface area (Å²) in [6, 6.07) is 2.47. The minimum atomic E-state index is -0.544. The first kappa shape index (κ1) is 16.7. The number of nitrogens with zero attached hydrogens (tertiary/aromatic N) is 2. The normalized spacial score (nSPS) is 17.0. The topological polar surface area (TPSA) is 84.7 Å². The summed E-state index contributed by atoms with van der Waals surface area (Å²) in [5.41, 5.74) is 0.915. The lowest BCUT2D eigenvalue weighted by atomic mass is 10.1. The van der Waals surface area contributed by atoms with Gasteiger partial charge in [-0.15, -0.1) is 0 Å². The van der Waals surface area contributed by atoms with Gasteiger partial charge in [0, 0.05) is 24.8 Å². The van der Waals surface area contributed by atoms with Crippen molar-refractivity contribution in [2.45, 2.75) is 19.9 Å². The first-order valence-corrected chi connectivity index (χ1v) is 7.35. The number of hydrogen-bond acceptors (Lipinski definition) is 5. The number of benzene rings is 1. The van der Waals surface area contributed by atoms with E-state index in [0.717, 1.165) is 0 Å². The smallest absolute Gasteiger partial charge is 0.288 e. The number of amides is 1. The average molecular weight is 328 g/mol. The van der Waals surface area contributed by atoms with Crippen molar-refractivity contribution in [3.05, 3.63) is 32.8 Å². The standard InChI is InChI=1S/C14H18ClN3O4/c1-9-7-13(18(20)21)11(15)8-12(9)16-14(19)10(2)17-3-5-22-6-4-17/h7-8,10H,3-6H2,1-2H3,(H,16,19)/t10-/m0/s1. The maximum Gasteiger partial charge on any atom is 0.288 e. The number of carbonyl (C=O) groups excluding carboxylic acids is 1. The minimum Gasteiger partial charge on any atom is -0.379 e. The summed E-state index contributed by atoms with van der Waals surface area (Å²) in [6.45, 7) is 6.14. The lowest BCUT2D eigenvalue weighted by Gasteiger charge is -2.31. The van der Waals surface area contributed by atoms with Crippen molar-refractivity contribution in [1.29, 1.82) is 0 Å². The largest absolute Gasteiger partial charge is 0.379 e. The Balaban J connectivity index is 2.11. The Morgan fingerprint density at radius 2 is 2.09 bits per heavy atom. The van der Waals surface area contributed by atoms with Crippen molar-refractivity contribution in [3.63, 3.8) is 0 Å². The summed E-state index contributed by atoms with van der Waals surface area (Å²) in [6.07, 6.45) is 0. The highest BCUT2D eigenvalue weighted by Crippen LogP contribution is 2.30. The van der Waals surface area contributed by atoms with Crippen molar-refractivity contribution in [1.82, 2.24) is 4.90 Å². The van der Waals surface area contributed by atoms with E-state index in [2.05, 4.69) is 5.32 Å². The number of ether oxygens (including phenoxy) is 1. The first-order chi connectivity index (χ1) is 10.4. The Morgan fingerprint density at radius 3 is 2.68 bits per heavy atom. The number of nitrogens with one attached hydrogen (secondary N) is 1. The number of aryl methyl sites for hydroxylation is 1. The third-order valence-corrected chi connectivity index (χ3v) is 4.02. The highest BCUT2D eigenvalue weighted by Gasteiger charge is 2.24. The average Bonchev–Trinajstić information content (AvgIpc) is 2.50. The second kappa shape index (κ2) is 7.04. The van der Waals surface area contributed by atoms with Gasteiger partial charge < -0.3 is 10.1 Å². The predicted octanol–water partition coefficient (Wildman–Crippen LogP) is 2.22. The Bertz CT molecular complexity index is 588. The first-order valence-electron chi connectivity index (χ1n) is 6.97. The van der Waals surface area contributed by atoms with Gasteiger partial charge in [-0.05, 0) is 25.5 Å². The number of rotatable bonds is 4. The van der Waals surface area contributed by atoms with Crippen LogP contribution in [-0.4, -0.2) is 48.1 Å². The Morgan fingerprint density at radius 1 is 1.45 bits per heavy atom. The van der Waals surface area contributed by atoms with Crippen LogP contribution in [0.25, 0.3) is 0 Å². The van der Waals surface area contributed by atoms with Gasteiger partial charge in [-0.1, -0.05) is 11.6 Å². The molecule has 0 saturated carbocycles. The molecule has 2 rings (SSSR count). The Hall–Kier alpha value is -1.70. The van der Waals surface area contributed by atoms with Gasteiger partial charge in [-0.25, -0.2) is 0 Å². The molecule has 1 aliphatic rings. The van der Waals surface area contributed by atoms with E-state index < -0.39 is 4.92 Å². The fourth-order valence-corrected chi connectivity index (χ4v) is 2.54. The zero-order chi connectivity index (χ0) is 16.3. The molecule has 1 heterocycles. The molecule has 1 aromatic carbocycles. The van der Waals surface area contributed by atoms with Crippen LogP contribution < -0.4 is 5.32 Å². The molecule has 1 amide bonds. The van der Waals surface area contributed by atoms with Crippen LogP contribution in [0.2, 0.25) is 5.02 Å². The molecule has 120 valence electrons. The van der Waals surface area contributed by atoms with Gasteiger partial charge in [0.2, 0.25) is 5.91 Å². The number of carbonyl (C=O) groups is 1. The van der Waals surface area contributed by atoms with Gasteiger partial charge in [0.1, 0.15) is 5.02 Å². The van der Waals surface area contributed by atoms with Crippen molar-refractivity contribution < 1.29 is 14.5 Å². The Labute approximate surface area is 133 Å². The van der Waals surface area contributed by atoms with Crippen molar-refractivity contribution >= 4 is 28.9 Å². The molecule has 0 unspecified atom stereocenters. The van der Waals surface area contributed by atoms with Gasteiger partial charge >= 0.3 is 0 Å². The van der Waals surface area contributed by atoms with E-state index in [1.807, 2.05) is 11.8 Å². The van der Waals surface area contributed by atoms with E-state index >= 15 is 0 Å². The van der Waals surface area contributed by atoms with Gasteiger partial charge in [0.05, 0.1) is 24.2 Å². The number of morpholine rings is 1. The monoisotopic (exact) mass is 327 g/mol. The maximum atomic E-state index is 12.3. The van der Waals surface area contributed by atoms with E-state index in [-0.39, 0.29) is 22.7 Å². The zero-order valence-corrected chi connectivity index (χ0v) is 13.2. The molecular weight excluding hydrogens is 310 g/mol. The van der Waals surface area contributed by atoms with Gasteiger partial charge in [-0.2, -0.15) is 0 Å². The molecule has 0 spiro atoms. The van der Waals surface area contributed by atoms with E-state index in [0.29, 0.717) is 37.6 Å². The van der Waals surface area contributed by atoms with Crippen LogP contribution >= 0.6 is 11.6 Å². The molecule has 1 saturated heterocycles. The molecule has 0 radical (unpaired) electrons. The predicted molar refractivity (Wildman–Crippen MR) is 83.3 cm³/mol. The fraction of sp³-hybridized carbons (Fsp3) is 0.500. The fourth-order valence-electron chi connectivity index (χ4n) is 2.31. The van der Waals surface area contributed by atoms with E-state index in [4.69, 9.17) is 16.3 Å². The number of nitro groups is 1. The molecule has 1 atom stereocenters. The third-order valence-electron chi connectivity index (χ3n) is 3.72. The lowest BCUT2D eigenvalue weighted by Crippen LogP contribution is -2.47. The summed E-state index contributed by atoms with van der Waals surface area (Å²) >= 11 is 5.89. The van der Waals surface area contributed by atoms with Gasteiger partial charge in [0.25, 0.3) is 5.69 Å². The van der Waals surface area contributed by atoms with E-state index in [1.54, 1.807) is 6.92 Å². The summed E-state index contributed by atoms with van der Waals surface area (Å²) in [5, 5.41) is 13.6. The number of halogens is 1. The molecule has 0 bridgehead atoms. The number of hydrogen-bond donors (Lipinski definition) is 1. The van der Waals surface area contributed by atoms with Crippen LogP contribution in [0, 0.1) is 17.0 Å². The summed E-state index contributed by atoms with van der Waals surface area (Å²) < 4.78 is 5.26. The van der Waals surface area contributed by atoms with Crippen LogP contribution in [0.3, 0.4) is 0 Å². The highest BCUT2D eigenvalue weighted by molar-refractivity contribution is 6.33. The molecule has 0 aromatic heterocycles. The van der Waals surface area contributed by atoms with Crippen LogP contribution in [0.15, 0.2) is 12.1 Å². The SMILES string of the molecule is Cc1cc([N+](=O)[O-])c(Cl)cc1NC(=O)[C@H](C)N1CCOCC1. The van der Waals surface area contributed by atoms with Crippen LogP contribution in [0.4, 0.5) is 11.4 Å². The van der Waals surface area contributed by atoms with Crippen LogP contribution in [-0.2, 0) is 9.53 Å². The van der Waals surface area contributed by atoms with Crippen LogP contribution in [0.5, 0.6) is 0 Å². The molecular formula is C14H18ClN3O4. The highest BCUT2D eigenvalue weighted by atomic mass is 35.5. The van der Waals surface area contributed by atoms with Crippen molar-refractivity contribution in [2.24, 2.45) is 0 Å². The summed E-state index contributed by atoms with van der Waals surface area (Å²) in [5.74, 6) is -0.171. The summed E-state index contributed by atoms with van der Waals surface area (Å²) in [7, 11) is 0. The number of anilines is 1. The molecule has 22 heavy (non-hydrogen) atoms. The zero-order valence-electron chi connectivity index (χ0n) is 12.5. The summed E-state index contributed by atoms with van der Waals surface area (Å²) in [4.78, 5) is 24.6. The van der Waals surface area contributed by atoms with Crippen molar-refractivity contribution in [2.75, 3.05) is 31.6 Å². The lowest BCUT2D eigenvalue weighted by molar-refractivity contribution is -0.384. The van der Waals surface area contributed by atoms with E-state index in [9.17, 15) is 14.9 Å².